The number of halogens is 1. The maximum absolute atomic E-state index is 11.3. The molecule has 0 radical (unpaired) electrons. The van der Waals surface area contributed by atoms with Gasteiger partial charge in [-0.25, -0.2) is 0 Å². The van der Waals surface area contributed by atoms with Gasteiger partial charge in [0, 0.05) is 16.1 Å². The second-order valence-corrected chi connectivity index (χ2v) is 5.46. The highest BCUT2D eigenvalue weighted by Gasteiger charge is 2.06. The van der Waals surface area contributed by atoms with Crippen molar-refractivity contribution in [2.45, 2.75) is 33.1 Å². The number of carbonyl (C=O) groups is 1. The van der Waals surface area contributed by atoms with Crippen molar-refractivity contribution >= 4 is 17.4 Å². The van der Waals surface area contributed by atoms with Crippen LogP contribution in [0.3, 0.4) is 0 Å². The Morgan fingerprint density at radius 3 is 2.35 bits per heavy atom. The largest absolute Gasteiger partial charge is 0.295 e. The predicted molar refractivity (Wildman–Crippen MR) is 85.5 cm³/mol. The third-order valence-corrected chi connectivity index (χ3v) is 3.77. The molecule has 0 fully saturated rings. The van der Waals surface area contributed by atoms with Crippen LogP contribution >= 0.6 is 11.6 Å². The summed E-state index contributed by atoms with van der Waals surface area (Å²) in [5, 5.41) is 0.772. The van der Waals surface area contributed by atoms with E-state index in [1.165, 1.54) is 18.4 Å². The fourth-order valence-electron chi connectivity index (χ4n) is 2.21. The van der Waals surface area contributed by atoms with Gasteiger partial charge in [-0.15, -0.1) is 0 Å². The third-order valence-electron chi connectivity index (χ3n) is 3.45. The normalized spacial score (nSPS) is 10.6. The van der Waals surface area contributed by atoms with Gasteiger partial charge < -0.3 is 0 Å². The fraction of sp³-hybridized carbons (Fsp3) is 0.278. The Kier molecular flexibility index (Phi) is 4.97. The van der Waals surface area contributed by atoms with Gasteiger partial charge in [0.15, 0.2) is 5.78 Å². The van der Waals surface area contributed by atoms with E-state index in [1.807, 2.05) is 30.3 Å². The van der Waals surface area contributed by atoms with E-state index in [0.717, 1.165) is 28.1 Å². The van der Waals surface area contributed by atoms with E-state index in [2.05, 4.69) is 19.1 Å². The molecular formula is C18H19ClO. The number of hydrogen-bond donors (Lipinski definition) is 0. The molecule has 0 bridgehead atoms. The van der Waals surface area contributed by atoms with E-state index in [4.69, 9.17) is 11.6 Å². The maximum atomic E-state index is 11.3. The van der Waals surface area contributed by atoms with Crippen molar-refractivity contribution in [1.29, 1.82) is 0 Å². The zero-order valence-corrected chi connectivity index (χ0v) is 12.7. The molecule has 2 rings (SSSR count). The quantitative estimate of drug-likeness (QED) is 0.658. The molecule has 0 aliphatic carbocycles. The summed E-state index contributed by atoms with van der Waals surface area (Å²) in [5.74, 6) is 0.0811. The standard InChI is InChI=1S/C18H19ClO/c1-3-4-5-14-6-11-17(18(19)12-14)16-9-7-15(8-10-16)13(2)20/h6-12H,3-5H2,1-2H3. The molecule has 0 N–H and O–H groups in total. The summed E-state index contributed by atoms with van der Waals surface area (Å²) in [5.41, 5.74) is 4.06. The molecule has 0 aliphatic rings. The third kappa shape index (κ3) is 3.49. The Balaban J connectivity index is 2.26. The Hall–Kier alpha value is -1.60. The second-order valence-electron chi connectivity index (χ2n) is 5.05. The maximum Gasteiger partial charge on any atom is 0.159 e. The van der Waals surface area contributed by atoms with Crippen LogP contribution in [0, 0.1) is 0 Å². The van der Waals surface area contributed by atoms with Crippen LogP contribution in [0.4, 0.5) is 0 Å². The van der Waals surface area contributed by atoms with Crippen molar-refractivity contribution in [3.8, 4) is 11.1 Å². The Morgan fingerprint density at radius 2 is 1.80 bits per heavy atom. The predicted octanol–water partition coefficient (Wildman–Crippen LogP) is 5.55. The molecule has 2 aromatic rings. The Labute approximate surface area is 125 Å². The number of ketones is 1. The van der Waals surface area contributed by atoms with E-state index in [0.29, 0.717) is 0 Å². The number of carbonyl (C=O) groups excluding carboxylic acids is 1. The number of rotatable bonds is 5. The lowest BCUT2D eigenvalue weighted by Gasteiger charge is -2.08. The molecule has 0 unspecified atom stereocenters. The first-order chi connectivity index (χ1) is 9.61. The van der Waals surface area contributed by atoms with E-state index in [9.17, 15) is 4.79 Å². The van der Waals surface area contributed by atoms with E-state index in [-0.39, 0.29) is 5.78 Å². The molecule has 0 heterocycles. The molecule has 2 heteroatoms. The minimum atomic E-state index is 0.0811. The molecule has 0 spiro atoms. The summed E-state index contributed by atoms with van der Waals surface area (Å²) in [6, 6.07) is 13.8. The SMILES string of the molecule is CCCCc1ccc(-c2ccc(C(C)=O)cc2)c(Cl)c1. The van der Waals surface area contributed by atoms with E-state index >= 15 is 0 Å². The van der Waals surface area contributed by atoms with Crippen LogP contribution in [0.15, 0.2) is 42.5 Å². The van der Waals surface area contributed by atoms with E-state index < -0.39 is 0 Å². The fourth-order valence-corrected chi connectivity index (χ4v) is 2.53. The van der Waals surface area contributed by atoms with Gasteiger partial charge in [0.2, 0.25) is 0 Å². The highest BCUT2D eigenvalue weighted by molar-refractivity contribution is 6.33. The van der Waals surface area contributed by atoms with Gasteiger partial charge in [-0.1, -0.05) is 61.3 Å². The number of benzene rings is 2. The highest BCUT2D eigenvalue weighted by Crippen LogP contribution is 2.29. The molecule has 0 amide bonds. The number of aryl methyl sites for hydroxylation is 1. The minimum Gasteiger partial charge on any atom is -0.295 e. The highest BCUT2D eigenvalue weighted by atomic mass is 35.5. The first-order valence-corrected chi connectivity index (χ1v) is 7.39. The van der Waals surface area contributed by atoms with Gasteiger partial charge in [-0.2, -0.15) is 0 Å². The average Bonchev–Trinajstić information content (AvgIpc) is 2.45. The lowest BCUT2D eigenvalue weighted by Crippen LogP contribution is -1.91. The molecule has 0 saturated carbocycles. The van der Waals surface area contributed by atoms with Crippen molar-refractivity contribution in [2.24, 2.45) is 0 Å². The Bertz CT molecular complexity index is 599. The molecule has 0 saturated heterocycles. The number of unbranched alkanes of at least 4 members (excludes halogenated alkanes) is 1. The molecule has 0 atom stereocenters. The smallest absolute Gasteiger partial charge is 0.159 e. The summed E-state index contributed by atoms with van der Waals surface area (Å²) in [4.78, 5) is 11.3. The Morgan fingerprint density at radius 1 is 1.10 bits per heavy atom. The van der Waals surface area contributed by atoms with Gasteiger partial charge in [0.1, 0.15) is 0 Å². The van der Waals surface area contributed by atoms with Gasteiger partial charge in [-0.05, 0) is 37.0 Å². The van der Waals surface area contributed by atoms with Gasteiger partial charge in [0.05, 0.1) is 0 Å². The summed E-state index contributed by atoms with van der Waals surface area (Å²) >= 11 is 6.38. The zero-order chi connectivity index (χ0) is 14.5. The molecule has 1 nitrogen and oxygen atoms in total. The van der Waals surface area contributed by atoms with Crippen molar-refractivity contribution in [2.75, 3.05) is 0 Å². The topological polar surface area (TPSA) is 17.1 Å². The summed E-state index contributed by atoms with van der Waals surface area (Å²) in [6.07, 6.45) is 3.44. The second kappa shape index (κ2) is 6.71. The molecule has 0 aromatic heterocycles. The van der Waals surface area contributed by atoms with Crippen LogP contribution in [0.2, 0.25) is 5.02 Å². The van der Waals surface area contributed by atoms with Gasteiger partial charge in [0.25, 0.3) is 0 Å². The number of hydrogen-bond acceptors (Lipinski definition) is 1. The van der Waals surface area contributed by atoms with Crippen LogP contribution in [0.1, 0.15) is 42.6 Å². The average molecular weight is 287 g/mol. The summed E-state index contributed by atoms with van der Waals surface area (Å²) in [6.45, 7) is 3.76. The van der Waals surface area contributed by atoms with Crippen LogP contribution in [-0.4, -0.2) is 5.78 Å². The molecule has 20 heavy (non-hydrogen) atoms. The first-order valence-electron chi connectivity index (χ1n) is 7.01. The van der Waals surface area contributed by atoms with Crippen molar-refractivity contribution in [3.63, 3.8) is 0 Å². The molecule has 0 aliphatic heterocycles. The minimum absolute atomic E-state index is 0.0811. The number of Topliss-reactive ketones (excluding diaryl/α,β-unsaturated/α-hetero) is 1. The summed E-state index contributed by atoms with van der Waals surface area (Å²) in [7, 11) is 0. The van der Waals surface area contributed by atoms with E-state index in [1.54, 1.807) is 6.92 Å². The molecular weight excluding hydrogens is 268 g/mol. The van der Waals surface area contributed by atoms with Crippen LogP contribution < -0.4 is 0 Å². The van der Waals surface area contributed by atoms with Crippen LogP contribution in [0.5, 0.6) is 0 Å². The lowest BCUT2D eigenvalue weighted by atomic mass is 10.00. The molecule has 2 aromatic carbocycles. The van der Waals surface area contributed by atoms with Crippen LogP contribution in [0.25, 0.3) is 11.1 Å². The first kappa shape index (κ1) is 14.8. The molecule has 104 valence electrons. The lowest BCUT2D eigenvalue weighted by molar-refractivity contribution is 0.101. The van der Waals surface area contributed by atoms with Crippen molar-refractivity contribution in [3.05, 3.63) is 58.6 Å². The van der Waals surface area contributed by atoms with Gasteiger partial charge >= 0.3 is 0 Å². The monoisotopic (exact) mass is 286 g/mol. The van der Waals surface area contributed by atoms with Crippen LogP contribution in [-0.2, 0) is 6.42 Å². The van der Waals surface area contributed by atoms with Crippen molar-refractivity contribution < 1.29 is 4.79 Å². The summed E-state index contributed by atoms with van der Waals surface area (Å²) < 4.78 is 0. The van der Waals surface area contributed by atoms with Gasteiger partial charge in [-0.3, -0.25) is 4.79 Å². The zero-order valence-electron chi connectivity index (χ0n) is 11.9. The van der Waals surface area contributed by atoms with Crippen molar-refractivity contribution in [1.82, 2.24) is 0 Å².